The number of aromatic nitrogens is 1. The van der Waals surface area contributed by atoms with Gasteiger partial charge < -0.3 is 10.2 Å². The normalized spacial score (nSPS) is 10.3. The predicted molar refractivity (Wildman–Crippen MR) is 90.0 cm³/mol. The standard InChI is InChI=1S/C18H23N3O/c1-4-21(5-2)18(22)17-12-16(10-11-19-17)20-13-15-9-7-6-8-14(15)3/h6-12H,4-5,13H2,1-3H3,(H,19,20). The van der Waals surface area contributed by atoms with E-state index in [1.807, 2.05) is 38.1 Å². The first-order chi connectivity index (χ1) is 10.7. The van der Waals surface area contributed by atoms with Crippen LogP contribution >= 0.6 is 0 Å². The van der Waals surface area contributed by atoms with Crippen molar-refractivity contribution in [1.82, 2.24) is 9.88 Å². The molecule has 4 heteroatoms. The van der Waals surface area contributed by atoms with Gasteiger partial charge in [-0.25, -0.2) is 0 Å². The van der Waals surface area contributed by atoms with Gasteiger partial charge in [-0.05, 0) is 44.0 Å². The van der Waals surface area contributed by atoms with Crippen LogP contribution in [0.25, 0.3) is 0 Å². The van der Waals surface area contributed by atoms with Gasteiger partial charge in [0.05, 0.1) is 0 Å². The molecule has 1 amide bonds. The maximum Gasteiger partial charge on any atom is 0.272 e. The fraction of sp³-hybridized carbons (Fsp3) is 0.333. The molecule has 0 fully saturated rings. The van der Waals surface area contributed by atoms with Crippen LogP contribution in [0.4, 0.5) is 5.69 Å². The summed E-state index contributed by atoms with van der Waals surface area (Å²) in [7, 11) is 0. The Morgan fingerprint density at radius 3 is 2.59 bits per heavy atom. The second kappa shape index (κ2) is 7.59. The summed E-state index contributed by atoms with van der Waals surface area (Å²) in [6.45, 7) is 8.16. The molecule has 116 valence electrons. The average Bonchev–Trinajstić information content (AvgIpc) is 2.55. The van der Waals surface area contributed by atoms with Crippen LogP contribution in [-0.2, 0) is 6.54 Å². The van der Waals surface area contributed by atoms with E-state index < -0.39 is 0 Å². The first-order valence-electron chi connectivity index (χ1n) is 7.69. The molecule has 0 spiro atoms. The quantitative estimate of drug-likeness (QED) is 0.888. The van der Waals surface area contributed by atoms with Crippen molar-refractivity contribution < 1.29 is 4.79 Å². The smallest absolute Gasteiger partial charge is 0.272 e. The molecule has 1 aromatic heterocycles. The number of nitrogens with zero attached hydrogens (tertiary/aromatic N) is 2. The van der Waals surface area contributed by atoms with Gasteiger partial charge >= 0.3 is 0 Å². The van der Waals surface area contributed by atoms with Crippen LogP contribution in [0.1, 0.15) is 35.5 Å². The number of carbonyl (C=O) groups is 1. The molecule has 0 saturated carbocycles. The molecule has 1 N–H and O–H groups in total. The molecule has 0 unspecified atom stereocenters. The fourth-order valence-electron chi connectivity index (χ4n) is 2.34. The monoisotopic (exact) mass is 297 g/mol. The maximum atomic E-state index is 12.3. The Balaban J connectivity index is 2.09. The van der Waals surface area contributed by atoms with Crippen molar-refractivity contribution in [2.45, 2.75) is 27.3 Å². The highest BCUT2D eigenvalue weighted by Gasteiger charge is 2.14. The number of anilines is 1. The van der Waals surface area contributed by atoms with E-state index in [-0.39, 0.29) is 5.91 Å². The Morgan fingerprint density at radius 2 is 1.91 bits per heavy atom. The molecule has 0 atom stereocenters. The summed E-state index contributed by atoms with van der Waals surface area (Å²) in [6, 6.07) is 12.0. The van der Waals surface area contributed by atoms with E-state index in [0.717, 1.165) is 12.2 Å². The Labute approximate surface area is 132 Å². The molecule has 0 saturated heterocycles. The van der Waals surface area contributed by atoms with Crippen LogP contribution < -0.4 is 5.32 Å². The summed E-state index contributed by atoms with van der Waals surface area (Å²) in [5, 5.41) is 3.36. The number of hydrogen-bond acceptors (Lipinski definition) is 3. The number of carbonyl (C=O) groups excluding carboxylic acids is 1. The van der Waals surface area contributed by atoms with Gasteiger partial charge in [0.1, 0.15) is 5.69 Å². The lowest BCUT2D eigenvalue weighted by atomic mass is 10.1. The molecule has 0 radical (unpaired) electrons. The van der Waals surface area contributed by atoms with Crippen molar-refractivity contribution in [2.75, 3.05) is 18.4 Å². The lowest BCUT2D eigenvalue weighted by Crippen LogP contribution is -2.31. The van der Waals surface area contributed by atoms with Crippen molar-refractivity contribution in [3.63, 3.8) is 0 Å². The number of rotatable bonds is 6. The van der Waals surface area contributed by atoms with Gasteiger partial charge in [-0.3, -0.25) is 9.78 Å². The SMILES string of the molecule is CCN(CC)C(=O)c1cc(NCc2ccccc2C)ccn1. The van der Waals surface area contributed by atoms with E-state index in [0.29, 0.717) is 18.8 Å². The molecular weight excluding hydrogens is 274 g/mol. The Kier molecular flexibility index (Phi) is 5.53. The minimum Gasteiger partial charge on any atom is -0.381 e. The molecule has 2 rings (SSSR count). The van der Waals surface area contributed by atoms with Crippen LogP contribution in [-0.4, -0.2) is 28.9 Å². The molecule has 22 heavy (non-hydrogen) atoms. The van der Waals surface area contributed by atoms with Gasteiger partial charge in [0, 0.05) is 31.5 Å². The molecule has 1 aromatic carbocycles. The molecule has 0 aliphatic heterocycles. The second-order valence-corrected chi connectivity index (χ2v) is 5.19. The summed E-state index contributed by atoms with van der Waals surface area (Å²) in [4.78, 5) is 18.3. The Morgan fingerprint density at radius 1 is 1.18 bits per heavy atom. The first-order valence-corrected chi connectivity index (χ1v) is 7.69. The molecule has 0 aliphatic rings. The van der Waals surface area contributed by atoms with E-state index in [9.17, 15) is 4.79 Å². The van der Waals surface area contributed by atoms with Crippen LogP contribution in [0.2, 0.25) is 0 Å². The zero-order valence-corrected chi connectivity index (χ0v) is 13.5. The minimum atomic E-state index is -0.0236. The van der Waals surface area contributed by atoms with Crippen molar-refractivity contribution in [1.29, 1.82) is 0 Å². The average molecular weight is 297 g/mol. The molecule has 4 nitrogen and oxygen atoms in total. The van der Waals surface area contributed by atoms with Gasteiger partial charge in [-0.2, -0.15) is 0 Å². The minimum absolute atomic E-state index is 0.0236. The molecular formula is C18H23N3O. The second-order valence-electron chi connectivity index (χ2n) is 5.19. The van der Waals surface area contributed by atoms with Crippen LogP contribution in [0, 0.1) is 6.92 Å². The first kappa shape index (κ1) is 16.0. The highest BCUT2D eigenvalue weighted by atomic mass is 16.2. The van der Waals surface area contributed by atoms with E-state index in [2.05, 4.69) is 29.4 Å². The molecule has 2 aromatic rings. The third kappa shape index (κ3) is 3.85. The number of pyridine rings is 1. The summed E-state index contributed by atoms with van der Waals surface area (Å²) in [5.74, 6) is -0.0236. The predicted octanol–water partition coefficient (Wildman–Crippen LogP) is 3.48. The van der Waals surface area contributed by atoms with Gasteiger partial charge in [0.15, 0.2) is 0 Å². The lowest BCUT2D eigenvalue weighted by molar-refractivity contribution is 0.0767. The van der Waals surface area contributed by atoms with Gasteiger partial charge in [0.25, 0.3) is 5.91 Å². The van der Waals surface area contributed by atoms with Crippen molar-refractivity contribution in [3.05, 3.63) is 59.4 Å². The number of benzene rings is 1. The van der Waals surface area contributed by atoms with Crippen LogP contribution in [0.5, 0.6) is 0 Å². The highest BCUT2D eigenvalue weighted by Crippen LogP contribution is 2.13. The van der Waals surface area contributed by atoms with Crippen molar-refractivity contribution in [3.8, 4) is 0 Å². The topological polar surface area (TPSA) is 45.2 Å². The maximum absolute atomic E-state index is 12.3. The van der Waals surface area contributed by atoms with Crippen molar-refractivity contribution in [2.24, 2.45) is 0 Å². The van der Waals surface area contributed by atoms with Gasteiger partial charge in [-0.1, -0.05) is 24.3 Å². The number of hydrogen-bond donors (Lipinski definition) is 1. The van der Waals surface area contributed by atoms with E-state index in [1.165, 1.54) is 11.1 Å². The Hall–Kier alpha value is -2.36. The molecule has 0 bridgehead atoms. The van der Waals surface area contributed by atoms with Crippen LogP contribution in [0.3, 0.4) is 0 Å². The molecule has 1 heterocycles. The Bertz CT molecular complexity index is 636. The number of aryl methyl sites for hydroxylation is 1. The third-order valence-corrected chi connectivity index (χ3v) is 3.77. The van der Waals surface area contributed by atoms with E-state index in [4.69, 9.17) is 0 Å². The van der Waals surface area contributed by atoms with E-state index >= 15 is 0 Å². The molecule has 0 aliphatic carbocycles. The van der Waals surface area contributed by atoms with E-state index in [1.54, 1.807) is 11.1 Å². The lowest BCUT2D eigenvalue weighted by Gasteiger charge is -2.18. The van der Waals surface area contributed by atoms with Gasteiger partial charge in [0.2, 0.25) is 0 Å². The van der Waals surface area contributed by atoms with Crippen molar-refractivity contribution >= 4 is 11.6 Å². The van der Waals surface area contributed by atoms with Crippen LogP contribution in [0.15, 0.2) is 42.6 Å². The number of amides is 1. The number of nitrogens with one attached hydrogen (secondary N) is 1. The zero-order valence-electron chi connectivity index (χ0n) is 13.5. The summed E-state index contributed by atoms with van der Waals surface area (Å²) in [5.41, 5.74) is 3.90. The zero-order chi connectivity index (χ0) is 15.9. The summed E-state index contributed by atoms with van der Waals surface area (Å²) >= 11 is 0. The fourth-order valence-corrected chi connectivity index (χ4v) is 2.34. The van der Waals surface area contributed by atoms with Gasteiger partial charge in [-0.15, -0.1) is 0 Å². The third-order valence-electron chi connectivity index (χ3n) is 3.77. The summed E-state index contributed by atoms with van der Waals surface area (Å²) < 4.78 is 0. The largest absolute Gasteiger partial charge is 0.381 e. The summed E-state index contributed by atoms with van der Waals surface area (Å²) in [6.07, 6.45) is 1.68. The highest BCUT2D eigenvalue weighted by molar-refractivity contribution is 5.93.